The number of hydrogen-bond acceptors (Lipinski definition) is 4. The van der Waals surface area contributed by atoms with Gasteiger partial charge in [0.25, 0.3) is 0 Å². The number of nitriles is 1. The molecule has 0 amide bonds. The van der Waals surface area contributed by atoms with Crippen LogP contribution in [0.2, 0.25) is 0 Å². The summed E-state index contributed by atoms with van der Waals surface area (Å²) in [6.45, 7) is 0. The zero-order valence-electron chi connectivity index (χ0n) is 8.89. The Labute approximate surface area is 131 Å². The van der Waals surface area contributed by atoms with Gasteiger partial charge >= 0.3 is 0 Å². The van der Waals surface area contributed by atoms with E-state index in [2.05, 4.69) is 49.7 Å². The van der Waals surface area contributed by atoms with Gasteiger partial charge < -0.3 is 5.21 Å². The van der Waals surface area contributed by atoms with Crippen LogP contribution in [0.1, 0.15) is 5.56 Å². The maximum atomic E-state index is 9.31. The Morgan fingerprint density at radius 1 is 1.39 bits per heavy atom. The van der Waals surface area contributed by atoms with Crippen LogP contribution in [0.3, 0.4) is 0 Å². The smallest absolute Gasteiger partial charge is 0.149 e. The molecule has 1 aromatic carbocycles. The Kier molecular flexibility index (Phi) is 4.48. The van der Waals surface area contributed by atoms with Crippen molar-refractivity contribution in [3.63, 3.8) is 0 Å². The van der Waals surface area contributed by atoms with E-state index in [4.69, 9.17) is 5.21 Å². The van der Waals surface area contributed by atoms with Crippen molar-refractivity contribution in [2.75, 3.05) is 0 Å². The standard InChI is InChI=1S/C12H6BrIN2OS/c13-8-3-1-7(2-4-8)10(6-15)9-5-11(14)18-12(9)16-17/h1-5,17H/b10-9+,16-12-. The lowest BCUT2D eigenvalue weighted by atomic mass is 10.0. The van der Waals surface area contributed by atoms with Crippen LogP contribution in [0, 0.1) is 11.3 Å². The van der Waals surface area contributed by atoms with Crippen LogP contribution in [0.4, 0.5) is 0 Å². The van der Waals surface area contributed by atoms with Gasteiger partial charge in [-0.2, -0.15) is 5.26 Å². The Bertz CT molecular complexity index is 614. The molecule has 0 bridgehead atoms. The molecule has 1 aromatic rings. The molecule has 0 radical (unpaired) electrons. The van der Waals surface area contributed by atoms with E-state index >= 15 is 0 Å². The lowest BCUT2D eigenvalue weighted by molar-refractivity contribution is 0.321. The SMILES string of the molecule is N#C/C(=C1/C=C(I)S/C1=N\O)c1ccc(Br)cc1. The quantitative estimate of drug-likeness (QED) is 0.307. The molecule has 0 saturated heterocycles. The lowest BCUT2D eigenvalue weighted by Gasteiger charge is -2.03. The maximum absolute atomic E-state index is 9.31. The first kappa shape index (κ1) is 13.6. The molecular weight excluding hydrogens is 427 g/mol. The van der Waals surface area contributed by atoms with Gasteiger partial charge in [0.1, 0.15) is 11.1 Å². The topological polar surface area (TPSA) is 56.4 Å². The number of nitrogens with zero attached hydrogens (tertiary/aromatic N) is 2. The van der Waals surface area contributed by atoms with Crippen molar-refractivity contribution in [2.45, 2.75) is 0 Å². The third-order valence-electron chi connectivity index (χ3n) is 2.29. The molecule has 90 valence electrons. The third kappa shape index (κ3) is 2.79. The molecule has 3 nitrogen and oxygen atoms in total. The van der Waals surface area contributed by atoms with Gasteiger partial charge in [0.2, 0.25) is 0 Å². The fraction of sp³-hybridized carbons (Fsp3) is 0. The molecule has 0 aliphatic carbocycles. The second-order valence-corrected chi connectivity index (χ2v) is 7.20. The average molecular weight is 433 g/mol. The molecule has 0 aromatic heterocycles. The van der Waals surface area contributed by atoms with Crippen molar-refractivity contribution in [3.05, 3.63) is 48.9 Å². The number of rotatable bonds is 1. The van der Waals surface area contributed by atoms with Gasteiger partial charge in [-0.05, 0) is 46.4 Å². The van der Waals surface area contributed by atoms with Crippen molar-refractivity contribution >= 4 is 60.9 Å². The van der Waals surface area contributed by atoms with Gasteiger partial charge in [0.05, 0.1) is 8.48 Å². The summed E-state index contributed by atoms with van der Waals surface area (Å²) in [6.07, 6.45) is 1.85. The minimum Gasteiger partial charge on any atom is -0.410 e. The van der Waals surface area contributed by atoms with Crippen molar-refractivity contribution in [3.8, 4) is 6.07 Å². The summed E-state index contributed by atoms with van der Waals surface area (Å²) >= 11 is 6.84. The van der Waals surface area contributed by atoms with Gasteiger partial charge in [0, 0.05) is 10.0 Å². The Hall–Kier alpha value is -0.780. The molecule has 0 atom stereocenters. The summed E-state index contributed by atoms with van der Waals surface area (Å²) in [5.74, 6) is 0. The summed E-state index contributed by atoms with van der Waals surface area (Å²) in [7, 11) is 0. The predicted octanol–water partition coefficient (Wildman–Crippen LogP) is 4.54. The van der Waals surface area contributed by atoms with E-state index in [0.29, 0.717) is 16.2 Å². The lowest BCUT2D eigenvalue weighted by Crippen LogP contribution is -1.95. The minimum absolute atomic E-state index is 0.457. The molecule has 0 spiro atoms. The minimum atomic E-state index is 0.457. The molecule has 1 aliphatic rings. The van der Waals surface area contributed by atoms with E-state index in [-0.39, 0.29) is 0 Å². The van der Waals surface area contributed by atoms with Crippen molar-refractivity contribution in [1.82, 2.24) is 0 Å². The fourth-order valence-electron chi connectivity index (χ4n) is 1.50. The molecule has 0 saturated carbocycles. The molecule has 0 fully saturated rings. The second-order valence-electron chi connectivity index (χ2n) is 3.36. The first-order valence-corrected chi connectivity index (χ1v) is 7.52. The normalized spacial score (nSPS) is 19.6. The molecule has 1 aliphatic heterocycles. The van der Waals surface area contributed by atoms with Crippen LogP contribution in [-0.2, 0) is 0 Å². The van der Waals surface area contributed by atoms with Gasteiger partial charge in [-0.1, -0.05) is 45.0 Å². The number of benzene rings is 1. The highest BCUT2D eigenvalue weighted by molar-refractivity contribution is 14.1. The third-order valence-corrected chi connectivity index (χ3v) is 4.60. The predicted molar refractivity (Wildman–Crippen MR) is 85.6 cm³/mol. The molecular formula is C12H6BrIN2OS. The molecule has 0 unspecified atom stereocenters. The first-order chi connectivity index (χ1) is 8.65. The van der Waals surface area contributed by atoms with Crippen LogP contribution in [0.15, 0.2) is 48.5 Å². The van der Waals surface area contributed by atoms with E-state index < -0.39 is 0 Å². The van der Waals surface area contributed by atoms with Gasteiger partial charge in [0.15, 0.2) is 0 Å². The van der Waals surface area contributed by atoms with E-state index in [1.54, 1.807) is 0 Å². The number of hydrogen-bond donors (Lipinski definition) is 1. The van der Waals surface area contributed by atoms with Gasteiger partial charge in [-0.15, -0.1) is 0 Å². The van der Waals surface area contributed by atoms with Crippen LogP contribution in [0.5, 0.6) is 0 Å². The molecule has 18 heavy (non-hydrogen) atoms. The first-order valence-electron chi connectivity index (χ1n) is 4.83. The van der Waals surface area contributed by atoms with E-state index in [1.165, 1.54) is 11.8 Å². The van der Waals surface area contributed by atoms with Crippen molar-refractivity contribution in [2.24, 2.45) is 5.16 Å². The fourth-order valence-corrected chi connectivity index (χ4v) is 3.38. The number of thioether (sulfide) groups is 1. The summed E-state index contributed by atoms with van der Waals surface area (Å²) < 4.78 is 1.93. The number of halogens is 2. The molecule has 6 heteroatoms. The highest BCUT2D eigenvalue weighted by Crippen LogP contribution is 2.39. The Morgan fingerprint density at radius 3 is 2.61 bits per heavy atom. The molecule has 1 heterocycles. The summed E-state index contributed by atoms with van der Waals surface area (Å²) in [4.78, 5) is 0. The largest absolute Gasteiger partial charge is 0.410 e. The maximum Gasteiger partial charge on any atom is 0.149 e. The van der Waals surface area contributed by atoms with E-state index in [0.717, 1.165) is 12.9 Å². The van der Waals surface area contributed by atoms with Crippen LogP contribution >= 0.6 is 50.3 Å². The average Bonchev–Trinajstić information content (AvgIpc) is 2.74. The Balaban J connectivity index is 2.58. The van der Waals surface area contributed by atoms with Gasteiger partial charge in [-0.25, -0.2) is 0 Å². The van der Waals surface area contributed by atoms with Crippen LogP contribution < -0.4 is 0 Å². The monoisotopic (exact) mass is 432 g/mol. The highest BCUT2D eigenvalue weighted by Gasteiger charge is 2.21. The highest BCUT2D eigenvalue weighted by atomic mass is 127. The van der Waals surface area contributed by atoms with E-state index in [1.807, 2.05) is 30.3 Å². The summed E-state index contributed by atoms with van der Waals surface area (Å²) in [5, 5.41) is 22.0. The number of allylic oxidation sites excluding steroid dienone is 2. The van der Waals surface area contributed by atoms with Crippen LogP contribution in [-0.4, -0.2) is 10.3 Å². The molecule has 2 rings (SSSR count). The van der Waals surface area contributed by atoms with Gasteiger partial charge in [-0.3, -0.25) is 0 Å². The molecule has 1 N–H and O–H groups in total. The zero-order chi connectivity index (χ0) is 13.1. The second kappa shape index (κ2) is 5.91. The van der Waals surface area contributed by atoms with E-state index in [9.17, 15) is 5.26 Å². The van der Waals surface area contributed by atoms with Crippen molar-refractivity contribution < 1.29 is 5.21 Å². The number of oxime groups is 1. The summed E-state index contributed by atoms with van der Waals surface area (Å²) in [5.41, 5.74) is 1.98. The zero-order valence-corrected chi connectivity index (χ0v) is 13.5. The van der Waals surface area contributed by atoms with Crippen LogP contribution in [0.25, 0.3) is 5.57 Å². The summed E-state index contributed by atoms with van der Waals surface area (Å²) in [6, 6.07) is 9.64. The Morgan fingerprint density at radius 2 is 2.06 bits per heavy atom. The van der Waals surface area contributed by atoms with Crippen molar-refractivity contribution in [1.29, 1.82) is 5.26 Å².